The molecule has 3 nitrogen and oxygen atoms in total. The molecule has 1 aromatic carbocycles. The first-order valence-electron chi connectivity index (χ1n) is 6.57. The molecule has 19 heavy (non-hydrogen) atoms. The largest absolute Gasteiger partial charge is 0.243 e. The fourth-order valence-corrected chi connectivity index (χ4v) is 4.49. The molecule has 0 unspecified atom stereocenters. The lowest BCUT2D eigenvalue weighted by Gasteiger charge is -2.34. The molecule has 2 rings (SSSR count). The molecule has 0 radical (unpaired) electrons. The molecule has 0 aliphatic carbocycles. The molecular weight excluding hydrogens is 265 g/mol. The number of benzene rings is 1. The Morgan fingerprint density at radius 3 is 2.32 bits per heavy atom. The number of halogens is 1. The highest BCUT2D eigenvalue weighted by Gasteiger charge is 2.31. The van der Waals surface area contributed by atoms with E-state index in [1.54, 1.807) is 6.92 Å². The second-order valence-corrected chi connectivity index (χ2v) is 7.62. The highest BCUT2D eigenvalue weighted by atomic mass is 32.2. The predicted molar refractivity (Wildman–Crippen MR) is 72.8 cm³/mol. The standard InChI is InChI=1S/C14H20FNO2S/c1-10-6-11(2)9-16(8-10)19(17,18)13-4-5-14(15)12(3)7-13/h4-5,7,10-11H,6,8-9H2,1-3H3/t10-,11-/m1/s1. The molecule has 0 saturated carbocycles. The molecular formula is C14H20FNO2S. The van der Waals surface area contributed by atoms with E-state index in [1.165, 1.54) is 22.5 Å². The van der Waals surface area contributed by atoms with Gasteiger partial charge < -0.3 is 0 Å². The second-order valence-electron chi connectivity index (χ2n) is 5.68. The van der Waals surface area contributed by atoms with Crippen LogP contribution < -0.4 is 0 Å². The molecule has 1 aliphatic heterocycles. The van der Waals surface area contributed by atoms with Crippen LogP contribution in [0.3, 0.4) is 0 Å². The van der Waals surface area contributed by atoms with Crippen LogP contribution in [0, 0.1) is 24.6 Å². The van der Waals surface area contributed by atoms with Gasteiger partial charge in [0, 0.05) is 13.1 Å². The van der Waals surface area contributed by atoms with Gasteiger partial charge in [-0.05, 0) is 48.9 Å². The molecule has 0 spiro atoms. The van der Waals surface area contributed by atoms with Crippen molar-refractivity contribution >= 4 is 10.0 Å². The van der Waals surface area contributed by atoms with Crippen LogP contribution >= 0.6 is 0 Å². The molecule has 0 aromatic heterocycles. The van der Waals surface area contributed by atoms with Crippen molar-refractivity contribution in [2.45, 2.75) is 32.1 Å². The van der Waals surface area contributed by atoms with E-state index >= 15 is 0 Å². The molecule has 1 fully saturated rings. The van der Waals surface area contributed by atoms with Crippen LogP contribution in [-0.2, 0) is 10.0 Å². The Morgan fingerprint density at radius 1 is 1.21 bits per heavy atom. The second kappa shape index (κ2) is 5.21. The zero-order valence-electron chi connectivity index (χ0n) is 11.6. The molecule has 0 bridgehead atoms. The molecule has 0 N–H and O–H groups in total. The highest BCUT2D eigenvalue weighted by Crippen LogP contribution is 2.27. The maximum absolute atomic E-state index is 13.2. The van der Waals surface area contributed by atoms with Crippen molar-refractivity contribution in [1.29, 1.82) is 0 Å². The van der Waals surface area contributed by atoms with Gasteiger partial charge in [-0.25, -0.2) is 12.8 Å². The maximum atomic E-state index is 13.2. The summed E-state index contributed by atoms with van der Waals surface area (Å²) in [6.07, 6.45) is 1.05. The molecule has 106 valence electrons. The Morgan fingerprint density at radius 2 is 1.79 bits per heavy atom. The van der Waals surface area contributed by atoms with Gasteiger partial charge in [0.05, 0.1) is 4.90 Å². The summed E-state index contributed by atoms with van der Waals surface area (Å²) in [5.74, 6) is 0.347. The van der Waals surface area contributed by atoms with Crippen molar-refractivity contribution in [2.24, 2.45) is 11.8 Å². The van der Waals surface area contributed by atoms with E-state index in [2.05, 4.69) is 13.8 Å². The van der Waals surface area contributed by atoms with Crippen molar-refractivity contribution in [2.75, 3.05) is 13.1 Å². The van der Waals surface area contributed by atoms with E-state index < -0.39 is 10.0 Å². The summed E-state index contributed by atoms with van der Waals surface area (Å²) in [4.78, 5) is 0.188. The molecule has 5 heteroatoms. The minimum absolute atomic E-state index is 0.188. The normalized spacial score (nSPS) is 25.5. The van der Waals surface area contributed by atoms with E-state index in [0.29, 0.717) is 30.5 Å². The molecule has 1 saturated heterocycles. The van der Waals surface area contributed by atoms with Gasteiger partial charge in [-0.15, -0.1) is 0 Å². The highest BCUT2D eigenvalue weighted by molar-refractivity contribution is 7.89. The van der Waals surface area contributed by atoms with Gasteiger partial charge in [0.1, 0.15) is 5.82 Å². The van der Waals surface area contributed by atoms with E-state index in [9.17, 15) is 12.8 Å². The minimum Gasteiger partial charge on any atom is -0.207 e. The number of sulfonamides is 1. The van der Waals surface area contributed by atoms with Crippen LogP contribution in [0.15, 0.2) is 23.1 Å². The number of hydrogen-bond donors (Lipinski definition) is 0. The van der Waals surface area contributed by atoms with Crippen LogP contribution in [0.25, 0.3) is 0 Å². The molecule has 0 amide bonds. The van der Waals surface area contributed by atoms with Crippen LogP contribution in [0.2, 0.25) is 0 Å². The van der Waals surface area contributed by atoms with Crippen LogP contribution in [-0.4, -0.2) is 25.8 Å². The first-order chi connectivity index (χ1) is 8.80. The van der Waals surface area contributed by atoms with Crippen molar-refractivity contribution in [3.8, 4) is 0 Å². The summed E-state index contributed by atoms with van der Waals surface area (Å²) in [7, 11) is -3.50. The van der Waals surface area contributed by atoms with Crippen molar-refractivity contribution in [3.63, 3.8) is 0 Å². The summed E-state index contributed by atoms with van der Waals surface area (Å²) in [6, 6.07) is 3.98. The summed E-state index contributed by atoms with van der Waals surface area (Å²) in [5.41, 5.74) is 0.360. The molecule has 2 atom stereocenters. The summed E-state index contributed by atoms with van der Waals surface area (Å²) < 4.78 is 39.9. The van der Waals surface area contributed by atoms with Gasteiger partial charge in [0.15, 0.2) is 0 Å². The predicted octanol–water partition coefficient (Wildman–Crippen LogP) is 2.80. The van der Waals surface area contributed by atoms with E-state index in [-0.39, 0.29) is 10.7 Å². The minimum atomic E-state index is -3.50. The Balaban J connectivity index is 2.33. The Bertz CT molecular complexity index is 561. The smallest absolute Gasteiger partial charge is 0.207 e. The van der Waals surface area contributed by atoms with Crippen molar-refractivity contribution in [3.05, 3.63) is 29.6 Å². The van der Waals surface area contributed by atoms with E-state index in [0.717, 1.165) is 6.42 Å². The zero-order chi connectivity index (χ0) is 14.2. The van der Waals surface area contributed by atoms with Crippen LogP contribution in [0.4, 0.5) is 4.39 Å². The zero-order valence-corrected chi connectivity index (χ0v) is 12.4. The number of hydrogen-bond acceptors (Lipinski definition) is 2. The van der Waals surface area contributed by atoms with Crippen molar-refractivity contribution in [1.82, 2.24) is 4.31 Å². The van der Waals surface area contributed by atoms with Gasteiger partial charge in [-0.2, -0.15) is 4.31 Å². The monoisotopic (exact) mass is 285 g/mol. The van der Waals surface area contributed by atoms with Gasteiger partial charge in [-0.1, -0.05) is 13.8 Å². The topological polar surface area (TPSA) is 37.4 Å². The Labute approximate surface area is 114 Å². The molecule has 1 aromatic rings. The van der Waals surface area contributed by atoms with Gasteiger partial charge in [-0.3, -0.25) is 0 Å². The third-order valence-corrected chi connectivity index (χ3v) is 5.43. The third kappa shape index (κ3) is 2.98. The summed E-state index contributed by atoms with van der Waals surface area (Å²) in [5, 5.41) is 0. The molecule has 1 heterocycles. The number of aryl methyl sites for hydroxylation is 1. The lowest BCUT2D eigenvalue weighted by Crippen LogP contribution is -2.42. The van der Waals surface area contributed by atoms with E-state index in [1.807, 2.05) is 0 Å². The summed E-state index contributed by atoms with van der Waals surface area (Å²) >= 11 is 0. The van der Waals surface area contributed by atoms with Crippen molar-refractivity contribution < 1.29 is 12.8 Å². The summed E-state index contributed by atoms with van der Waals surface area (Å²) in [6.45, 7) is 6.80. The van der Waals surface area contributed by atoms with Crippen LogP contribution in [0.5, 0.6) is 0 Å². The average Bonchev–Trinajstić information content (AvgIpc) is 2.31. The third-order valence-electron chi connectivity index (χ3n) is 3.60. The Hall–Kier alpha value is -0.940. The molecule has 1 aliphatic rings. The van der Waals surface area contributed by atoms with E-state index in [4.69, 9.17) is 0 Å². The number of nitrogens with zero attached hydrogens (tertiary/aromatic N) is 1. The SMILES string of the molecule is Cc1cc(S(=O)(=O)N2C[C@H](C)C[C@@H](C)C2)ccc1F. The quantitative estimate of drug-likeness (QED) is 0.838. The lowest BCUT2D eigenvalue weighted by atomic mass is 9.94. The Kier molecular flexibility index (Phi) is 3.97. The average molecular weight is 285 g/mol. The first kappa shape index (κ1) is 14.5. The maximum Gasteiger partial charge on any atom is 0.243 e. The van der Waals surface area contributed by atoms with Gasteiger partial charge in [0.25, 0.3) is 0 Å². The van der Waals surface area contributed by atoms with Gasteiger partial charge >= 0.3 is 0 Å². The lowest BCUT2D eigenvalue weighted by molar-refractivity contribution is 0.222. The van der Waals surface area contributed by atoms with Gasteiger partial charge in [0.2, 0.25) is 10.0 Å². The number of piperidine rings is 1. The fraction of sp³-hybridized carbons (Fsp3) is 0.571. The number of rotatable bonds is 2. The van der Waals surface area contributed by atoms with Crippen LogP contribution in [0.1, 0.15) is 25.8 Å². The fourth-order valence-electron chi connectivity index (χ4n) is 2.73. The first-order valence-corrected chi connectivity index (χ1v) is 8.01.